The largest absolute Gasteiger partial charge is 0.496 e. The zero-order valence-electron chi connectivity index (χ0n) is 22.1. The van der Waals surface area contributed by atoms with Crippen molar-refractivity contribution in [2.45, 2.75) is 6.42 Å². The van der Waals surface area contributed by atoms with E-state index in [2.05, 4.69) is 15.9 Å². The first-order valence-electron chi connectivity index (χ1n) is 12.4. The number of rotatable bonds is 9. The average Bonchev–Trinajstić information content (AvgIpc) is 3.52. The van der Waals surface area contributed by atoms with Crippen LogP contribution >= 0.6 is 39.9 Å². The highest BCUT2D eigenvalue weighted by Crippen LogP contribution is 2.37. The summed E-state index contributed by atoms with van der Waals surface area (Å²) in [5.41, 5.74) is 4.37. The molecule has 7 nitrogen and oxygen atoms in total. The highest BCUT2D eigenvalue weighted by molar-refractivity contribution is 9.10. The van der Waals surface area contributed by atoms with Crippen LogP contribution in [-0.2, 0) is 11.2 Å². The summed E-state index contributed by atoms with van der Waals surface area (Å²) in [6.07, 6.45) is 4.42. The lowest BCUT2D eigenvalue weighted by Gasteiger charge is -2.15. The van der Waals surface area contributed by atoms with Gasteiger partial charge in [-0.1, -0.05) is 48.2 Å². The fourth-order valence-corrected chi connectivity index (χ4v) is 6.20. The van der Waals surface area contributed by atoms with Crippen LogP contribution in [0.4, 0.5) is 0 Å². The zero-order valence-corrected chi connectivity index (χ0v) is 25.3. The van der Waals surface area contributed by atoms with Crippen LogP contribution in [0.1, 0.15) is 11.1 Å². The maximum Gasteiger partial charge on any atom is 0.266 e. The van der Waals surface area contributed by atoms with Crippen molar-refractivity contribution in [3.63, 3.8) is 0 Å². The van der Waals surface area contributed by atoms with Crippen molar-refractivity contribution < 1.29 is 19.0 Å². The molecule has 0 bridgehead atoms. The quantitative estimate of drug-likeness (QED) is 0.148. The van der Waals surface area contributed by atoms with Gasteiger partial charge in [0.05, 0.1) is 36.4 Å². The van der Waals surface area contributed by atoms with E-state index in [0.29, 0.717) is 33.7 Å². The monoisotopic (exact) mass is 635 g/mol. The number of methoxy groups -OCH3 is 3. The third kappa shape index (κ3) is 5.79. The normalized spacial score (nSPS) is 14.2. The van der Waals surface area contributed by atoms with E-state index in [9.17, 15) is 4.79 Å². The van der Waals surface area contributed by atoms with E-state index in [1.54, 1.807) is 26.2 Å². The van der Waals surface area contributed by atoms with Gasteiger partial charge in [0.1, 0.15) is 15.8 Å². The number of thioether (sulfide) groups is 1. The predicted octanol–water partition coefficient (Wildman–Crippen LogP) is 6.77. The number of ether oxygens (including phenoxy) is 3. The molecule has 0 aliphatic carbocycles. The first kappa shape index (κ1) is 27.9. The van der Waals surface area contributed by atoms with Crippen molar-refractivity contribution >= 4 is 56.2 Å². The minimum atomic E-state index is -0.121. The van der Waals surface area contributed by atoms with E-state index >= 15 is 0 Å². The molecule has 0 atom stereocenters. The molecule has 3 aromatic carbocycles. The smallest absolute Gasteiger partial charge is 0.266 e. The Morgan fingerprint density at radius 3 is 2.38 bits per heavy atom. The highest BCUT2D eigenvalue weighted by atomic mass is 79.9. The maximum absolute atomic E-state index is 13.5. The molecule has 0 saturated carbocycles. The molecule has 40 heavy (non-hydrogen) atoms. The fourth-order valence-electron chi connectivity index (χ4n) is 4.35. The molecule has 0 spiro atoms. The Hall–Kier alpha value is -3.60. The summed E-state index contributed by atoms with van der Waals surface area (Å²) in [6, 6.07) is 21.4. The van der Waals surface area contributed by atoms with Gasteiger partial charge >= 0.3 is 0 Å². The average molecular weight is 637 g/mol. The molecule has 1 aliphatic rings. The summed E-state index contributed by atoms with van der Waals surface area (Å²) in [5.74, 6) is 1.92. The first-order chi connectivity index (χ1) is 19.4. The van der Waals surface area contributed by atoms with Crippen LogP contribution in [0, 0.1) is 0 Å². The first-order valence-corrected chi connectivity index (χ1v) is 14.4. The van der Waals surface area contributed by atoms with Crippen LogP contribution in [0.5, 0.6) is 17.2 Å². The Kier molecular flexibility index (Phi) is 8.58. The molecule has 1 saturated heterocycles. The minimum Gasteiger partial charge on any atom is -0.496 e. The highest BCUT2D eigenvalue weighted by Gasteiger charge is 2.32. The number of nitrogens with zero attached hydrogens (tertiary/aromatic N) is 3. The molecule has 2 heterocycles. The second kappa shape index (κ2) is 12.3. The number of carbonyl (C=O) groups is 1. The molecule has 10 heteroatoms. The lowest BCUT2D eigenvalue weighted by Crippen LogP contribution is -2.30. The van der Waals surface area contributed by atoms with Crippen LogP contribution in [0.3, 0.4) is 0 Å². The van der Waals surface area contributed by atoms with Gasteiger partial charge in [-0.3, -0.25) is 9.69 Å². The molecule has 1 aromatic heterocycles. The summed E-state index contributed by atoms with van der Waals surface area (Å²) < 4.78 is 19.3. The van der Waals surface area contributed by atoms with Gasteiger partial charge in [-0.15, -0.1) is 0 Å². The van der Waals surface area contributed by atoms with Gasteiger partial charge in [0.15, 0.2) is 11.5 Å². The van der Waals surface area contributed by atoms with Gasteiger partial charge in [0.25, 0.3) is 5.91 Å². The van der Waals surface area contributed by atoms with Gasteiger partial charge < -0.3 is 14.2 Å². The number of halogens is 1. The van der Waals surface area contributed by atoms with Gasteiger partial charge in [0, 0.05) is 23.9 Å². The Labute approximate surface area is 250 Å². The van der Waals surface area contributed by atoms with E-state index in [1.165, 1.54) is 11.8 Å². The van der Waals surface area contributed by atoms with Crippen molar-refractivity contribution in [1.82, 2.24) is 14.7 Å². The number of aromatic nitrogens is 2. The molecule has 1 aliphatic heterocycles. The summed E-state index contributed by atoms with van der Waals surface area (Å²) >= 11 is 10.5. The molecular weight excluding hydrogens is 610 g/mol. The summed E-state index contributed by atoms with van der Waals surface area (Å²) in [4.78, 5) is 15.7. The Morgan fingerprint density at radius 2 is 1.68 bits per heavy atom. The topological polar surface area (TPSA) is 65.8 Å². The third-order valence-electron chi connectivity index (χ3n) is 6.42. The van der Waals surface area contributed by atoms with Gasteiger partial charge in [-0.25, -0.2) is 4.68 Å². The number of para-hydroxylation sites is 1. The third-order valence-corrected chi connectivity index (χ3v) is 8.42. The minimum absolute atomic E-state index is 0.121. The van der Waals surface area contributed by atoms with Gasteiger partial charge in [-0.05, 0) is 76.5 Å². The number of amides is 1. The van der Waals surface area contributed by atoms with Crippen molar-refractivity contribution in [2.75, 3.05) is 27.9 Å². The molecule has 4 aromatic rings. The summed E-state index contributed by atoms with van der Waals surface area (Å²) in [5, 5.41) is 4.88. The van der Waals surface area contributed by atoms with E-state index in [1.807, 2.05) is 83.7 Å². The number of benzene rings is 3. The van der Waals surface area contributed by atoms with Crippen molar-refractivity contribution in [1.29, 1.82) is 0 Å². The molecule has 5 rings (SSSR count). The van der Waals surface area contributed by atoms with Crippen molar-refractivity contribution in [2.24, 2.45) is 0 Å². The second-order valence-corrected chi connectivity index (χ2v) is 11.4. The number of carbonyl (C=O) groups excluding carboxylic acids is 1. The molecule has 0 unspecified atom stereocenters. The van der Waals surface area contributed by atoms with Crippen LogP contribution in [0.15, 0.2) is 82.3 Å². The van der Waals surface area contributed by atoms with E-state index < -0.39 is 0 Å². The predicted molar refractivity (Wildman–Crippen MR) is 166 cm³/mol. The standard InChI is InChI=1S/C30H26BrN3O4S2/c1-36-24-12-10-20(16-23(24)31)28-21(18-34(32-28)22-7-5-4-6-8-22)17-27-29(35)33(30(39)40-27)14-13-19-9-11-25(37-2)26(15-19)38-3/h4-12,15-18H,13-14H2,1-3H3/b27-17+. The molecule has 204 valence electrons. The zero-order chi connectivity index (χ0) is 28.2. The lowest BCUT2D eigenvalue weighted by atomic mass is 10.1. The summed E-state index contributed by atoms with van der Waals surface area (Å²) in [7, 11) is 4.84. The van der Waals surface area contributed by atoms with Crippen LogP contribution < -0.4 is 14.2 Å². The van der Waals surface area contributed by atoms with E-state index in [4.69, 9.17) is 31.5 Å². The Morgan fingerprint density at radius 1 is 0.950 bits per heavy atom. The van der Waals surface area contributed by atoms with Crippen LogP contribution in [-0.4, -0.2) is 52.8 Å². The Bertz CT molecular complexity index is 1600. The van der Waals surface area contributed by atoms with Crippen molar-refractivity contribution in [3.8, 4) is 34.2 Å². The van der Waals surface area contributed by atoms with Crippen LogP contribution in [0.2, 0.25) is 0 Å². The fraction of sp³-hybridized carbons (Fsp3) is 0.167. The number of hydrogen-bond acceptors (Lipinski definition) is 7. The van der Waals surface area contributed by atoms with Gasteiger partial charge in [0.2, 0.25) is 0 Å². The lowest BCUT2D eigenvalue weighted by molar-refractivity contribution is -0.122. The molecule has 1 amide bonds. The number of thiocarbonyl (C=S) groups is 1. The van der Waals surface area contributed by atoms with E-state index in [-0.39, 0.29) is 5.91 Å². The van der Waals surface area contributed by atoms with E-state index in [0.717, 1.165) is 38.3 Å². The molecular formula is C30H26BrN3O4S2. The van der Waals surface area contributed by atoms with Crippen molar-refractivity contribution in [3.05, 3.63) is 93.4 Å². The Balaban J connectivity index is 1.44. The summed E-state index contributed by atoms with van der Waals surface area (Å²) in [6.45, 7) is 0.457. The number of hydrogen-bond donors (Lipinski definition) is 0. The van der Waals surface area contributed by atoms with Gasteiger partial charge in [-0.2, -0.15) is 5.10 Å². The molecule has 0 N–H and O–H groups in total. The maximum atomic E-state index is 13.5. The van der Waals surface area contributed by atoms with Crippen LogP contribution in [0.25, 0.3) is 23.0 Å². The SMILES string of the molecule is COc1ccc(-c2nn(-c3ccccc3)cc2/C=C2/SC(=S)N(CCc3ccc(OC)c(OC)c3)C2=O)cc1Br. The molecule has 1 fully saturated rings. The second-order valence-electron chi connectivity index (χ2n) is 8.84. The molecule has 0 radical (unpaired) electrons.